The number of hydrogen-bond acceptors (Lipinski definition) is 9. The summed E-state index contributed by atoms with van der Waals surface area (Å²) in [6, 6.07) is 38.1. The molecule has 11 nitrogen and oxygen atoms in total. The molecule has 0 saturated heterocycles. The predicted octanol–water partition coefficient (Wildman–Crippen LogP) is 6.88. The van der Waals surface area contributed by atoms with Crippen LogP contribution >= 0.6 is 7.67 Å². The second-order valence-corrected chi connectivity index (χ2v) is 15.7. The van der Waals surface area contributed by atoms with Crippen LogP contribution < -0.4 is 0 Å². The Morgan fingerprint density at radius 3 is 1.68 bits per heavy atom. The van der Waals surface area contributed by atoms with Crippen LogP contribution in [0.2, 0.25) is 0 Å². The third kappa shape index (κ3) is 9.12. The van der Waals surface area contributed by atoms with Crippen LogP contribution in [0.5, 0.6) is 0 Å². The van der Waals surface area contributed by atoms with Gasteiger partial charge in [-0.2, -0.15) is 0 Å². The van der Waals surface area contributed by atoms with Gasteiger partial charge in [0.2, 0.25) is 6.10 Å². The standard InChI is InChI=1S/C41H45N2O9P/c1-30(44)26-27-36(45)50-35(29-49-41(32-20-12-7-13-21-32,33-22-14-8-15-23-33)34-24-16-9-17-25-34)37-38(48-28-31-18-10-6-11-19-31)39(40(46)51-37)52-53(47,42(2)3)43(4)5/h6-25,35,37H,26-29H2,1-5H3. The summed E-state index contributed by atoms with van der Waals surface area (Å²) < 4.78 is 48.1. The summed E-state index contributed by atoms with van der Waals surface area (Å²) in [5.74, 6) is -2.38. The van der Waals surface area contributed by atoms with Crippen LogP contribution in [0.4, 0.5) is 0 Å². The van der Waals surface area contributed by atoms with Gasteiger partial charge in [0.15, 0.2) is 11.9 Å². The average Bonchev–Trinajstić information content (AvgIpc) is 3.47. The first-order valence-corrected chi connectivity index (χ1v) is 18.7. The fourth-order valence-electron chi connectivity index (χ4n) is 5.97. The summed E-state index contributed by atoms with van der Waals surface area (Å²) in [5, 5.41) is 0. The predicted molar refractivity (Wildman–Crippen MR) is 199 cm³/mol. The van der Waals surface area contributed by atoms with Crippen molar-refractivity contribution >= 4 is 25.4 Å². The molecule has 2 unspecified atom stereocenters. The van der Waals surface area contributed by atoms with E-state index in [1.165, 1.54) is 16.3 Å². The van der Waals surface area contributed by atoms with Gasteiger partial charge in [-0.15, -0.1) is 0 Å². The van der Waals surface area contributed by atoms with Gasteiger partial charge < -0.3 is 28.3 Å². The van der Waals surface area contributed by atoms with Gasteiger partial charge in [-0.05, 0) is 57.4 Å². The molecule has 12 heteroatoms. The van der Waals surface area contributed by atoms with E-state index in [0.717, 1.165) is 22.3 Å². The fraction of sp³-hybridized carbons (Fsp3) is 0.293. The number of ketones is 1. The van der Waals surface area contributed by atoms with Crippen LogP contribution in [0.15, 0.2) is 133 Å². The van der Waals surface area contributed by atoms with E-state index in [1.807, 2.05) is 121 Å². The van der Waals surface area contributed by atoms with E-state index in [1.54, 1.807) is 28.2 Å². The normalized spacial score (nSPS) is 15.3. The highest BCUT2D eigenvalue weighted by atomic mass is 31.2. The van der Waals surface area contributed by atoms with Crippen molar-refractivity contribution in [2.45, 2.75) is 44.2 Å². The Bertz CT molecular complexity index is 1810. The number of Topliss-reactive ketones (excluding diaryl/α,β-unsaturated/α-hetero) is 1. The molecule has 278 valence electrons. The average molecular weight is 741 g/mol. The maximum atomic E-state index is 14.1. The van der Waals surface area contributed by atoms with Crippen LogP contribution in [0, 0.1) is 0 Å². The quantitative estimate of drug-likeness (QED) is 0.0603. The largest absolute Gasteiger partial charge is 0.485 e. The summed E-state index contributed by atoms with van der Waals surface area (Å²) in [4.78, 5) is 39.0. The molecule has 4 aromatic carbocycles. The summed E-state index contributed by atoms with van der Waals surface area (Å²) in [7, 11) is 2.45. The van der Waals surface area contributed by atoms with Gasteiger partial charge in [-0.1, -0.05) is 121 Å². The number of carbonyl (C=O) groups is 3. The molecule has 0 radical (unpaired) electrons. The molecule has 1 aliphatic heterocycles. The van der Waals surface area contributed by atoms with E-state index in [4.69, 9.17) is 23.5 Å². The molecule has 1 aliphatic rings. The monoisotopic (exact) mass is 740 g/mol. The van der Waals surface area contributed by atoms with Gasteiger partial charge in [0.25, 0.3) is 5.76 Å². The first kappa shape index (κ1) is 39.2. The molecule has 0 amide bonds. The highest BCUT2D eigenvalue weighted by Crippen LogP contribution is 2.54. The molecule has 0 aromatic heterocycles. The molecule has 5 rings (SSSR count). The Hall–Kier alpha value is -5.06. The zero-order valence-corrected chi connectivity index (χ0v) is 31.4. The Balaban J connectivity index is 1.63. The van der Waals surface area contributed by atoms with E-state index in [2.05, 4.69) is 0 Å². The van der Waals surface area contributed by atoms with Crippen LogP contribution in [-0.4, -0.2) is 74.1 Å². The van der Waals surface area contributed by atoms with E-state index in [-0.39, 0.29) is 37.6 Å². The fourth-order valence-corrected chi connectivity index (χ4v) is 7.41. The summed E-state index contributed by atoms with van der Waals surface area (Å²) >= 11 is 0. The molecule has 2 atom stereocenters. The van der Waals surface area contributed by atoms with Crippen molar-refractivity contribution in [3.8, 4) is 0 Å². The smallest absolute Gasteiger partial charge is 0.395 e. The van der Waals surface area contributed by atoms with Crippen molar-refractivity contribution in [1.29, 1.82) is 0 Å². The zero-order chi connectivity index (χ0) is 38.0. The van der Waals surface area contributed by atoms with Crippen LogP contribution in [0.1, 0.15) is 42.0 Å². The minimum Gasteiger partial charge on any atom is -0.485 e. The minimum atomic E-state index is -3.80. The maximum Gasteiger partial charge on any atom is 0.395 e. The van der Waals surface area contributed by atoms with Gasteiger partial charge in [0.1, 0.15) is 18.0 Å². The number of rotatable bonds is 18. The lowest BCUT2D eigenvalue weighted by atomic mass is 9.80. The van der Waals surface area contributed by atoms with E-state index in [0.29, 0.717) is 0 Å². The van der Waals surface area contributed by atoms with Crippen molar-refractivity contribution in [1.82, 2.24) is 9.34 Å². The molecule has 0 fully saturated rings. The first-order valence-electron chi connectivity index (χ1n) is 17.2. The van der Waals surface area contributed by atoms with Crippen molar-refractivity contribution in [3.63, 3.8) is 0 Å². The number of carbonyl (C=O) groups excluding carboxylic acids is 3. The number of esters is 2. The number of benzene rings is 4. The molecular weight excluding hydrogens is 695 g/mol. The molecule has 1 heterocycles. The lowest BCUT2D eigenvalue weighted by Gasteiger charge is -2.37. The van der Waals surface area contributed by atoms with E-state index < -0.39 is 43.2 Å². The number of cyclic esters (lactones) is 1. The zero-order valence-electron chi connectivity index (χ0n) is 30.5. The van der Waals surface area contributed by atoms with Gasteiger partial charge in [0, 0.05) is 6.42 Å². The van der Waals surface area contributed by atoms with Crippen LogP contribution in [0.25, 0.3) is 0 Å². The molecule has 0 saturated carbocycles. The topological polar surface area (TPSA) is 121 Å². The Morgan fingerprint density at radius 2 is 1.23 bits per heavy atom. The molecule has 0 N–H and O–H groups in total. The van der Waals surface area contributed by atoms with Crippen molar-refractivity contribution in [2.75, 3.05) is 34.8 Å². The third-order valence-electron chi connectivity index (χ3n) is 8.67. The van der Waals surface area contributed by atoms with Gasteiger partial charge in [-0.25, -0.2) is 18.7 Å². The lowest BCUT2D eigenvalue weighted by molar-refractivity contribution is -0.171. The molecule has 53 heavy (non-hydrogen) atoms. The minimum absolute atomic E-state index is 0.0156. The number of hydrogen-bond donors (Lipinski definition) is 0. The Kier molecular flexibility index (Phi) is 13.0. The summed E-state index contributed by atoms with van der Waals surface area (Å²) in [6.45, 7) is 1.06. The van der Waals surface area contributed by atoms with Crippen molar-refractivity contribution < 1.29 is 42.4 Å². The van der Waals surface area contributed by atoms with Gasteiger partial charge in [-0.3, -0.25) is 4.79 Å². The van der Waals surface area contributed by atoms with Gasteiger partial charge in [0.05, 0.1) is 13.0 Å². The third-order valence-corrected chi connectivity index (χ3v) is 11.1. The molecule has 0 spiro atoms. The maximum absolute atomic E-state index is 14.1. The van der Waals surface area contributed by atoms with Crippen molar-refractivity contribution in [3.05, 3.63) is 155 Å². The summed E-state index contributed by atoms with van der Waals surface area (Å²) in [6.07, 6.45) is -2.94. The highest BCUT2D eigenvalue weighted by Gasteiger charge is 2.49. The SMILES string of the molecule is CC(=O)CCC(=O)OC(COC(c1ccccc1)(c1ccccc1)c1ccccc1)C1OC(=O)C(OP(=O)(N(C)C)N(C)C)=C1OCc1ccccc1. The van der Waals surface area contributed by atoms with E-state index in [9.17, 15) is 18.9 Å². The molecule has 0 bridgehead atoms. The second kappa shape index (κ2) is 17.6. The first-order chi connectivity index (χ1) is 25.5. The number of nitrogens with zero attached hydrogens (tertiary/aromatic N) is 2. The Morgan fingerprint density at radius 1 is 0.755 bits per heavy atom. The molecular formula is C41H45N2O9P. The van der Waals surface area contributed by atoms with Crippen LogP contribution in [-0.2, 0) is 54.6 Å². The lowest BCUT2D eigenvalue weighted by Crippen LogP contribution is -2.42. The second-order valence-electron chi connectivity index (χ2n) is 12.9. The Labute approximate surface area is 310 Å². The van der Waals surface area contributed by atoms with Gasteiger partial charge >= 0.3 is 19.6 Å². The van der Waals surface area contributed by atoms with Crippen LogP contribution in [0.3, 0.4) is 0 Å². The number of ether oxygens (including phenoxy) is 4. The highest BCUT2D eigenvalue weighted by molar-refractivity contribution is 7.54. The van der Waals surface area contributed by atoms with Crippen molar-refractivity contribution in [2.24, 2.45) is 0 Å². The molecule has 0 aliphatic carbocycles. The molecule has 4 aromatic rings. The van der Waals surface area contributed by atoms with E-state index >= 15 is 0 Å². The summed E-state index contributed by atoms with van der Waals surface area (Å²) in [5.41, 5.74) is 1.92.